The van der Waals surface area contributed by atoms with Crippen molar-refractivity contribution in [2.75, 3.05) is 6.61 Å². The summed E-state index contributed by atoms with van der Waals surface area (Å²) in [4.78, 5) is 10.8. The van der Waals surface area contributed by atoms with Crippen molar-refractivity contribution < 1.29 is 9.90 Å². The molecule has 0 aromatic rings. The van der Waals surface area contributed by atoms with Gasteiger partial charge in [0.1, 0.15) is 6.29 Å². The molecule has 0 heterocycles. The molecule has 0 aromatic heterocycles. The van der Waals surface area contributed by atoms with Crippen LogP contribution in [0.25, 0.3) is 0 Å². The van der Waals surface area contributed by atoms with Crippen molar-refractivity contribution in [1.82, 2.24) is 0 Å². The largest absolute Gasteiger partial charge is 0.396 e. The summed E-state index contributed by atoms with van der Waals surface area (Å²) < 4.78 is 0. The van der Waals surface area contributed by atoms with Crippen LogP contribution in [0, 0.1) is 17.3 Å². The summed E-state index contributed by atoms with van der Waals surface area (Å²) in [6, 6.07) is 0. The molecule has 1 aliphatic carbocycles. The molecular weight excluding hydrogens is 176 g/mol. The molecule has 0 bridgehead atoms. The molecule has 2 nitrogen and oxygen atoms in total. The molecule has 0 radical (unpaired) electrons. The van der Waals surface area contributed by atoms with Gasteiger partial charge in [0.25, 0.3) is 0 Å². The molecule has 1 N–H and O–H groups in total. The van der Waals surface area contributed by atoms with E-state index in [0.29, 0.717) is 12.5 Å². The highest BCUT2D eigenvalue weighted by Crippen LogP contribution is 2.40. The Bertz CT molecular complexity index is 181. The lowest BCUT2D eigenvalue weighted by molar-refractivity contribution is -0.117. The Morgan fingerprint density at radius 2 is 2.07 bits per heavy atom. The highest BCUT2D eigenvalue weighted by atomic mass is 16.3. The monoisotopic (exact) mass is 198 g/mol. The molecule has 1 aliphatic rings. The van der Waals surface area contributed by atoms with Gasteiger partial charge in [0, 0.05) is 12.0 Å². The summed E-state index contributed by atoms with van der Waals surface area (Å²) in [6.45, 7) is 4.57. The fourth-order valence-electron chi connectivity index (χ4n) is 2.43. The maximum absolute atomic E-state index is 10.8. The SMILES string of the molecule is CC(CCO)C1CCC(C)(C=O)CC1. The van der Waals surface area contributed by atoms with Crippen molar-refractivity contribution in [2.24, 2.45) is 17.3 Å². The highest BCUT2D eigenvalue weighted by molar-refractivity contribution is 5.58. The topological polar surface area (TPSA) is 37.3 Å². The molecule has 0 aromatic carbocycles. The van der Waals surface area contributed by atoms with Gasteiger partial charge in [0.15, 0.2) is 0 Å². The second-order valence-electron chi connectivity index (χ2n) is 5.10. The molecule has 0 spiro atoms. The number of carbonyl (C=O) groups is 1. The van der Waals surface area contributed by atoms with Crippen molar-refractivity contribution in [2.45, 2.75) is 46.0 Å². The van der Waals surface area contributed by atoms with E-state index < -0.39 is 0 Å². The molecule has 1 rings (SSSR count). The number of aliphatic hydroxyl groups is 1. The van der Waals surface area contributed by atoms with Crippen LogP contribution in [0.1, 0.15) is 46.0 Å². The zero-order chi connectivity index (χ0) is 10.6. The van der Waals surface area contributed by atoms with Gasteiger partial charge < -0.3 is 9.90 Å². The van der Waals surface area contributed by atoms with Gasteiger partial charge in [-0.05, 0) is 43.9 Å². The van der Waals surface area contributed by atoms with Crippen LogP contribution in [0.5, 0.6) is 0 Å². The predicted molar refractivity (Wildman–Crippen MR) is 57.0 cm³/mol. The molecule has 1 atom stereocenters. The zero-order valence-electron chi connectivity index (χ0n) is 9.33. The van der Waals surface area contributed by atoms with E-state index in [1.165, 1.54) is 0 Å². The first-order valence-electron chi connectivity index (χ1n) is 5.68. The Hall–Kier alpha value is -0.370. The fourth-order valence-corrected chi connectivity index (χ4v) is 2.43. The van der Waals surface area contributed by atoms with E-state index in [2.05, 4.69) is 13.8 Å². The lowest BCUT2D eigenvalue weighted by atomic mass is 9.69. The summed E-state index contributed by atoms with van der Waals surface area (Å²) in [6.07, 6.45) is 6.38. The molecule has 2 heteroatoms. The zero-order valence-corrected chi connectivity index (χ0v) is 9.33. The maximum Gasteiger partial charge on any atom is 0.125 e. The van der Waals surface area contributed by atoms with Crippen LogP contribution >= 0.6 is 0 Å². The molecule has 82 valence electrons. The van der Waals surface area contributed by atoms with Gasteiger partial charge in [0.05, 0.1) is 0 Å². The number of aliphatic hydroxyl groups excluding tert-OH is 1. The van der Waals surface area contributed by atoms with Crippen LogP contribution < -0.4 is 0 Å². The first-order valence-corrected chi connectivity index (χ1v) is 5.68. The van der Waals surface area contributed by atoms with Crippen LogP contribution in [-0.4, -0.2) is 18.0 Å². The number of aldehydes is 1. The number of rotatable bonds is 4. The number of carbonyl (C=O) groups excluding carboxylic acids is 1. The maximum atomic E-state index is 10.8. The average molecular weight is 198 g/mol. The van der Waals surface area contributed by atoms with E-state index in [0.717, 1.165) is 44.3 Å². The molecular formula is C12H22O2. The molecule has 14 heavy (non-hydrogen) atoms. The van der Waals surface area contributed by atoms with Crippen molar-refractivity contribution in [3.05, 3.63) is 0 Å². The smallest absolute Gasteiger partial charge is 0.125 e. The molecule has 1 unspecified atom stereocenters. The normalized spacial score (nSPS) is 35.2. The summed E-state index contributed by atoms with van der Waals surface area (Å²) in [5.41, 5.74) is -0.0601. The summed E-state index contributed by atoms with van der Waals surface area (Å²) in [5, 5.41) is 8.86. The first-order chi connectivity index (χ1) is 6.61. The fraction of sp³-hybridized carbons (Fsp3) is 0.917. The minimum atomic E-state index is -0.0601. The van der Waals surface area contributed by atoms with Crippen LogP contribution in [0.3, 0.4) is 0 Å². The Morgan fingerprint density at radius 1 is 1.50 bits per heavy atom. The third kappa shape index (κ3) is 2.81. The Morgan fingerprint density at radius 3 is 2.50 bits per heavy atom. The number of hydrogen-bond acceptors (Lipinski definition) is 2. The van der Waals surface area contributed by atoms with Gasteiger partial charge in [-0.25, -0.2) is 0 Å². The van der Waals surface area contributed by atoms with Crippen LogP contribution in [0.2, 0.25) is 0 Å². The quantitative estimate of drug-likeness (QED) is 0.704. The van der Waals surface area contributed by atoms with Gasteiger partial charge >= 0.3 is 0 Å². The Balaban J connectivity index is 2.38. The van der Waals surface area contributed by atoms with Gasteiger partial charge in [0.2, 0.25) is 0 Å². The summed E-state index contributed by atoms with van der Waals surface area (Å²) in [7, 11) is 0. The van der Waals surface area contributed by atoms with E-state index in [1.807, 2.05) is 0 Å². The minimum Gasteiger partial charge on any atom is -0.396 e. The Kier molecular flexibility index (Phi) is 4.11. The van der Waals surface area contributed by atoms with Crippen molar-refractivity contribution in [3.63, 3.8) is 0 Å². The molecule has 0 aliphatic heterocycles. The lowest BCUT2D eigenvalue weighted by Crippen LogP contribution is -2.28. The summed E-state index contributed by atoms with van der Waals surface area (Å²) >= 11 is 0. The van der Waals surface area contributed by atoms with Crippen LogP contribution in [0.4, 0.5) is 0 Å². The molecule has 1 saturated carbocycles. The highest BCUT2D eigenvalue weighted by Gasteiger charge is 2.32. The third-order valence-corrected chi connectivity index (χ3v) is 3.85. The van der Waals surface area contributed by atoms with Crippen molar-refractivity contribution >= 4 is 6.29 Å². The standard InChI is InChI=1S/C12H22O2/c1-10(5-8-13)11-3-6-12(2,9-14)7-4-11/h9-11,13H,3-8H2,1-2H3. The lowest BCUT2D eigenvalue weighted by Gasteiger charge is -2.35. The van der Waals surface area contributed by atoms with E-state index >= 15 is 0 Å². The Labute approximate surface area is 86.7 Å². The second kappa shape index (κ2) is 4.92. The van der Waals surface area contributed by atoms with Crippen LogP contribution in [0.15, 0.2) is 0 Å². The van der Waals surface area contributed by atoms with Gasteiger partial charge in [-0.1, -0.05) is 13.8 Å². The van der Waals surface area contributed by atoms with E-state index in [-0.39, 0.29) is 5.41 Å². The van der Waals surface area contributed by atoms with Gasteiger partial charge in [-0.2, -0.15) is 0 Å². The molecule has 1 fully saturated rings. The second-order valence-corrected chi connectivity index (χ2v) is 5.10. The van der Waals surface area contributed by atoms with Gasteiger partial charge in [-0.15, -0.1) is 0 Å². The number of hydrogen-bond donors (Lipinski definition) is 1. The van der Waals surface area contributed by atoms with Crippen molar-refractivity contribution in [1.29, 1.82) is 0 Å². The van der Waals surface area contributed by atoms with Crippen LogP contribution in [-0.2, 0) is 4.79 Å². The minimum absolute atomic E-state index is 0.0601. The summed E-state index contributed by atoms with van der Waals surface area (Å²) in [5.74, 6) is 1.33. The first kappa shape index (κ1) is 11.7. The molecule has 0 saturated heterocycles. The predicted octanol–water partition coefficient (Wildman–Crippen LogP) is 2.40. The van der Waals surface area contributed by atoms with E-state index in [4.69, 9.17) is 5.11 Å². The third-order valence-electron chi connectivity index (χ3n) is 3.85. The van der Waals surface area contributed by atoms with E-state index in [1.54, 1.807) is 0 Å². The van der Waals surface area contributed by atoms with Crippen molar-refractivity contribution in [3.8, 4) is 0 Å². The average Bonchev–Trinajstić information content (AvgIpc) is 2.19. The van der Waals surface area contributed by atoms with Gasteiger partial charge in [-0.3, -0.25) is 0 Å². The van der Waals surface area contributed by atoms with E-state index in [9.17, 15) is 4.79 Å². The molecule has 0 amide bonds.